The Morgan fingerprint density at radius 1 is 1.19 bits per heavy atom. The lowest BCUT2D eigenvalue weighted by molar-refractivity contribution is 0.0930. The predicted octanol–water partition coefficient (Wildman–Crippen LogP) is 1.18. The first-order valence-electron chi connectivity index (χ1n) is 6.95. The summed E-state index contributed by atoms with van der Waals surface area (Å²) in [6.07, 6.45) is 2.23. The lowest BCUT2D eigenvalue weighted by atomic mass is 10.1. The SMILES string of the molecule is COc1cc(OC)c(C(=O)NC(CN)C2CC2)cc1OC. The molecule has 0 bridgehead atoms. The zero-order chi connectivity index (χ0) is 15.4. The zero-order valence-electron chi connectivity index (χ0n) is 12.6. The van der Waals surface area contributed by atoms with E-state index >= 15 is 0 Å². The van der Waals surface area contributed by atoms with E-state index in [9.17, 15) is 4.79 Å². The van der Waals surface area contributed by atoms with Crippen molar-refractivity contribution in [3.63, 3.8) is 0 Å². The van der Waals surface area contributed by atoms with Gasteiger partial charge in [-0.25, -0.2) is 0 Å². The molecule has 1 amide bonds. The quantitative estimate of drug-likeness (QED) is 0.789. The van der Waals surface area contributed by atoms with Crippen LogP contribution >= 0.6 is 0 Å². The number of benzene rings is 1. The lowest BCUT2D eigenvalue weighted by Crippen LogP contribution is -2.41. The van der Waals surface area contributed by atoms with Crippen molar-refractivity contribution in [2.45, 2.75) is 18.9 Å². The molecule has 1 saturated carbocycles. The van der Waals surface area contributed by atoms with Crippen LogP contribution in [0.15, 0.2) is 12.1 Å². The highest BCUT2D eigenvalue weighted by molar-refractivity contribution is 5.98. The van der Waals surface area contributed by atoms with E-state index in [1.54, 1.807) is 12.1 Å². The Hall–Kier alpha value is -1.95. The molecule has 1 aromatic carbocycles. The third kappa shape index (κ3) is 3.39. The highest BCUT2D eigenvalue weighted by Crippen LogP contribution is 2.35. The second kappa shape index (κ2) is 6.67. The second-order valence-corrected chi connectivity index (χ2v) is 5.06. The normalized spacial score (nSPS) is 15.2. The molecule has 1 unspecified atom stereocenters. The average Bonchev–Trinajstić information content (AvgIpc) is 3.35. The van der Waals surface area contributed by atoms with Crippen LogP contribution in [0.4, 0.5) is 0 Å². The minimum atomic E-state index is -0.213. The molecule has 0 heterocycles. The topological polar surface area (TPSA) is 82.8 Å². The monoisotopic (exact) mass is 294 g/mol. The zero-order valence-corrected chi connectivity index (χ0v) is 12.6. The van der Waals surface area contributed by atoms with Crippen molar-refractivity contribution in [2.24, 2.45) is 11.7 Å². The molecular formula is C15H22N2O4. The van der Waals surface area contributed by atoms with Crippen LogP contribution in [0, 0.1) is 5.92 Å². The molecule has 0 spiro atoms. The first-order chi connectivity index (χ1) is 10.1. The maximum absolute atomic E-state index is 12.5. The molecule has 21 heavy (non-hydrogen) atoms. The fourth-order valence-corrected chi connectivity index (χ4v) is 2.32. The van der Waals surface area contributed by atoms with Gasteiger partial charge in [0, 0.05) is 24.7 Å². The number of amides is 1. The number of rotatable bonds is 7. The lowest BCUT2D eigenvalue weighted by Gasteiger charge is -2.18. The van der Waals surface area contributed by atoms with Gasteiger partial charge in [0.15, 0.2) is 11.5 Å². The van der Waals surface area contributed by atoms with Crippen molar-refractivity contribution in [1.82, 2.24) is 5.32 Å². The molecule has 1 atom stereocenters. The molecule has 1 aromatic rings. The van der Waals surface area contributed by atoms with Gasteiger partial charge in [-0.15, -0.1) is 0 Å². The van der Waals surface area contributed by atoms with Gasteiger partial charge < -0.3 is 25.3 Å². The number of nitrogens with one attached hydrogen (secondary N) is 1. The van der Waals surface area contributed by atoms with Crippen LogP contribution in [0.3, 0.4) is 0 Å². The molecule has 6 heteroatoms. The summed E-state index contributed by atoms with van der Waals surface area (Å²) >= 11 is 0. The summed E-state index contributed by atoms with van der Waals surface area (Å²) < 4.78 is 15.7. The van der Waals surface area contributed by atoms with Crippen LogP contribution < -0.4 is 25.3 Å². The van der Waals surface area contributed by atoms with E-state index in [4.69, 9.17) is 19.9 Å². The Labute approximate surface area is 124 Å². The van der Waals surface area contributed by atoms with E-state index in [2.05, 4.69) is 5.32 Å². The summed E-state index contributed by atoms with van der Waals surface area (Å²) in [5, 5.41) is 2.97. The summed E-state index contributed by atoms with van der Waals surface area (Å²) in [6.45, 7) is 0.437. The van der Waals surface area contributed by atoms with Gasteiger partial charge in [0.05, 0.1) is 26.9 Å². The maximum atomic E-state index is 12.5. The molecule has 0 radical (unpaired) electrons. The van der Waals surface area contributed by atoms with Crippen LogP contribution in [0.25, 0.3) is 0 Å². The Bertz CT molecular complexity index is 515. The molecule has 2 rings (SSSR count). The minimum absolute atomic E-state index is 0.00954. The highest BCUT2D eigenvalue weighted by Gasteiger charge is 2.32. The number of carbonyl (C=O) groups excluding carboxylic acids is 1. The molecular weight excluding hydrogens is 272 g/mol. The van der Waals surface area contributed by atoms with Crippen molar-refractivity contribution in [1.29, 1.82) is 0 Å². The van der Waals surface area contributed by atoms with E-state index in [1.807, 2.05) is 0 Å². The highest BCUT2D eigenvalue weighted by atomic mass is 16.5. The molecule has 3 N–H and O–H groups in total. The van der Waals surface area contributed by atoms with Crippen molar-refractivity contribution in [3.8, 4) is 17.2 Å². The third-order valence-electron chi connectivity index (χ3n) is 3.71. The van der Waals surface area contributed by atoms with E-state index in [-0.39, 0.29) is 11.9 Å². The van der Waals surface area contributed by atoms with Gasteiger partial charge in [-0.1, -0.05) is 0 Å². The van der Waals surface area contributed by atoms with Crippen molar-refractivity contribution >= 4 is 5.91 Å². The predicted molar refractivity (Wildman–Crippen MR) is 79.1 cm³/mol. The van der Waals surface area contributed by atoms with Gasteiger partial charge in [-0.2, -0.15) is 0 Å². The smallest absolute Gasteiger partial charge is 0.255 e. The number of ether oxygens (including phenoxy) is 3. The van der Waals surface area contributed by atoms with E-state index in [0.29, 0.717) is 35.3 Å². The van der Waals surface area contributed by atoms with Crippen molar-refractivity contribution in [2.75, 3.05) is 27.9 Å². The van der Waals surface area contributed by atoms with Crippen LogP contribution in [-0.2, 0) is 0 Å². The summed E-state index contributed by atoms with van der Waals surface area (Å²) in [6, 6.07) is 3.27. The van der Waals surface area contributed by atoms with Crippen LogP contribution in [0.1, 0.15) is 23.2 Å². The van der Waals surface area contributed by atoms with Gasteiger partial charge in [0.25, 0.3) is 5.91 Å². The second-order valence-electron chi connectivity index (χ2n) is 5.06. The van der Waals surface area contributed by atoms with Crippen LogP contribution in [0.2, 0.25) is 0 Å². The Balaban J connectivity index is 2.25. The third-order valence-corrected chi connectivity index (χ3v) is 3.71. The molecule has 1 aliphatic rings. The Morgan fingerprint density at radius 3 is 2.24 bits per heavy atom. The average molecular weight is 294 g/mol. The van der Waals surface area contributed by atoms with Crippen molar-refractivity contribution < 1.29 is 19.0 Å². The summed E-state index contributed by atoms with van der Waals surface area (Å²) in [7, 11) is 4.58. The molecule has 6 nitrogen and oxygen atoms in total. The number of nitrogens with two attached hydrogens (primary N) is 1. The fraction of sp³-hybridized carbons (Fsp3) is 0.533. The molecule has 116 valence electrons. The number of hydrogen-bond acceptors (Lipinski definition) is 5. The van der Waals surface area contributed by atoms with Gasteiger partial charge in [-0.3, -0.25) is 4.79 Å². The Morgan fingerprint density at radius 2 is 1.76 bits per heavy atom. The van der Waals surface area contributed by atoms with Gasteiger partial charge in [-0.05, 0) is 18.8 Å². The number of hydrogen-bond donors (Lipinski definition) is 2. The van der Waals surface area contributed by atoms with E-state index < -0.39 is 0 Å². The van der Waals surface area contributed by atoms with Crippen LogP contribution in [-0.4, -0.2) is 39.8 Å². The summed E-state index contributed by atoms with van der Waals surface area (Å²) in [4.78, 5) is 12.5. The van der Waals surface area contributed by atoms with Gasteiger partial charge in [0.2, 0.25) is 0 Å². The largest absolute Gasteiger partial charge is 0.496 e. The van der Waals surface area contributed by atoms with Gasteiger partial charge >= 0.3 is 0 Å². The Kier molecular flexibility index (Phi) is 4.90. The summed E-state index contributed by atoms with van der Waals surface area (Å²) in [5.74, 6) is 1.72. The molecule has 0 aromatic heterocycles. The first-order valence-corrected chi connectivity index (χ1v) is 6.95. The molecule has 1 aliphatic carbocycles. The van der Waals surface area contributed by atoms with Gasteiger partial charge in [0.1, 0.15) is 5.75 Å². The number of carbonyl (C=O) groups is 1. The molecule has 1 fully saturated rings. The summed E-state index contributed by atoms with van der Waals surface area (Å²) in [5.41, 5.74) is 6.13. The van der Waals surface area contributed by atoms with Crippen molar-refractivity contribution in [3.05, 3.63) is 17.7 Å². The fourth-order valence-electron chi connectivity index (χ4n) is 2.32. The van der Waals surface area contributed by atoms with E-state index in [1.165, 1.54) is 21.3 Å². The molecule has 0 saturated heterocycles. The minimum Gasteiger partial charge on any atom is -0.496 e. The molecule has 0 aliphatic heterocycles. The number of methoxy groups -OCH3 is 3. The van der Waals surface area contributed by atoms with Crippen LogP contribution in [0.5, 0.6) is 17.2 Å². The maximum Gasteiger partial charge on any atom is 0.255 e. The standard InChI is InChI=1S/C15H22N2O4/c1-19-12-7-14(21-3)13(20-2)6-10(12)15(18)17-11(8-16)9-4-5-9/h6-7,9,11H,4-5,8,16H2,1-3H3,(H,17,18). The first kappa shape index (κ1) is 15.4. The van der Waals surface area contributed by atoms with E-state index in [0.717, 1.165) is 12.8 Å².